The minimum absolute atomic E-state index is 0.223. The zero-order valence-corrected chi connectivity index (χ0v) is 23.7. The number of aliphatic hydroxyl groups excluding tert-OH is 1. The van der Waals surface area contributed by atoms with Gasteiger partial charge in [-0.05, 0) is 31.6 Å². The molecule has 3 heteroatoms. The summed E-state index contributed by atoms with van der Waals surface area (Å²) in [6, 6.07) is 0. The number of ketones is 1. The van der Waals surface area contributed by atoms with Gasteiger partial charge in [-0.25, -0.2) is 0 Å². The number of nitrogens with one attached hydrogen (secondary N) is 1. The molecule has 0 spiro atoms. The molecule has 0 aliphatic rings. The Morgan fingerprint density at radius 1 is 0.906 bits per heavy atom. The molecule has 2 N–H and O–H groups in total. The van der Waals surface area contributed by atoms with Gasteiger partial charge in [0.15, 0.2) is 5.78 Å². The van der Waals surface area contributed by atoms with Gasteiger partial charge in [0, 0.05) is 32.4 Å². The Hall–Kier alpha value is -1.35. The van der Waals surface area contributed by atoms with Crippen molar-refractivity contribution in [2.45, 2.75) is 126 Å². The average molecular weight is 456 g/mol. The molecular weight excluding hydrogens is 394 g/mol. The fourth-order valence-corrected chi connectivity index (χ4v) is 2.06. The van der Waals surface area contributed by atoms with E-state index in [2.05, 4.69) is 59.5 Å². The van der Waals surface area contributed by atoms with Gasteiger partial charge in [0.2, 0.25) is 0 Å². The highest BCUT2D eigenvalue weighted by atomic mass is 16.2. The van der Waals surface area contributed by atoms with Crippen molar-refractivity contribution in [1.29, 1.82) is 0 Å². The van der Waals surface area contributed by atoms with E-state index in [0.29, 0.717) is 6.42 Å². The molecule has 0 amide bonds. The van der Waals surface area contributed by atoms with Gasteiger partial charge in [-0.3, -0.25) is 4.79 Å². The monoisotopic (exact) mass is 455 g/mol. The maximum Gasteiger partial charge on any atom is 0.164 e. The van der Waals surface area contributed by atoms with E-state index in [0.717, 1.165) is 50.7 Å². The van der Waals surface area contributed by atoms with Gasteiger partial charge < -0.3 is 10.4 Å². The molecule has 0 aliphatic carbocycles. The van der Waals surface area contributed by atoms with Crippen LogP contribution in [0.5, 0.6) is 0 Å². The normalized spacial score (nSPS) is 9.81. The lowest BCUT2D eigenvalue weighted by Crippen LogP contribution is -2.05. The van der Waals surface area contributed by atoms with Gasteiger partial charge in [-0.2, -0.15) is 0 Å². The highest BCUT2D eigenvalue weighted by Crippen LogP contribution is 2.07. The summed E-state index contributed by atoms with van der Waals surface area (Å²) >= 11 is 0. The first-order valence-electron chi connectivity index (χ1n) is 13.1. The second-order valence-corrected chi connectivity index (χ2v) is 7.57. The van der Waals surface area contributed by atoms with E-state index in [1.807, 2.05) is 33.0 Å². The van der Waals surface area contributed by atoms with E-state index in [9.17, 15) is 4.79 Å². The number of rotatable bonds is 14. The summed E-state index contributed by atoms with van der Waals surface area (Å²) in [4.78, 5) is 11.8. The number of carbonyl (C=O) groups excluding carboxylic acids is 1. The van der Waals surface area contributed by atoms with Crippen LogP contribution < -0.4 is 5.32 Å². The molecule has 0 saturated carbocycles. The smallest absolute Gasteiger partial charge is 0.164 e. The molecular formula is C29H61NO2. The van der Waals surface area contributed by atoms with Crippen molar-refractivity contribution in [3.8, 4) is 0 Å². The molecule has 0 fully saturated rings. The Bertz CT molecular complexity index is 383. The van der Waals surface area contributed by atoms with Gasteiger partial charge in [0.05, 0.1) is 0 Å². The molecule has 3 nitrogen and oxygen atoms in total. The standard InChI is InChI=1S/C15H25NO.C7H16.C4H10.C2H6.CH4O/c1-4-6-8-9-10-11-14(13-16-3)15(17)12-7-5-2;1-4-5-6-7(2)3;1-3-4-2;2*1-2/h4,10-11,13,16H,1,5-9,12H2,2-3H3;7H,4-6H2,1-3H3;3-4H2,1-2H3;1-2H3;2H,1H3/b11-10+,14-13+;;;;. The van der Waals surface area contributed by atoms with Crippen LogP contribution in [0.4, 0.5) is 0 Å². The maximum atomic E-state index is 11.8. The number of aliphatic hydroxyl groups is 1. The minimum atomic E-state index is 0.223. The lowest BCUT2D eigenvalue weighted by molar-refractivity contribution is -0.115. The van der Waals surface area contributed by atoms with Gasteiger partial charge in [-0.1, -0.05) is 112 Å². The average Bonchev–Trinajstić information content (AvgIpc) is 2.83. The van der Waals surface area contributed by atoms with Crippen molar-refractivity contribution >= 4 is 5.78 Å². The first-order chi connectivity index (χ1) is 15.4. The number of hydrogen-bond acceptors (Lipinski definition) is 3. The first kappa shape index (κ1) is 41.0. The van der Waals surface area contributed by atoms with Crippen molar-refractivity contribution in [3.05, 3.63) is 36.6 Å². The predicted molar refractivity (Wildman–Crippen MR) is 149 cm³/mol. The lowest BCUT2D eigenvalue weighted by Gasteiger charge is -2.01. The Morgan fingerprint density at radius 3 is 1.78 bits per heavy atom. The van der Waals surface area contributed by atoms with E-state index in [-0.39, 0.29) is 5.78 Å². The summed E-state index contributed by atoms with van der Waals surface area (Å²) in [7, 11) is 2.82. The topological polar surface area (TPSA) is 49.3 Å². The van der Waals surface area contributed by atoms with Gasteiger partial charge in [-0.15, -0.1) is 6.58 Å². The molecule has 0 bridgehead atoms. The zero-order valence-electron chi connectivity index (χ0n) is 23.7. The summed E-state index contributed by atoms with van der Waals surface area (Å²) in [5.74, 6) is 1.13. The second kappa shape index (κ2) is 43.5. The van der Waals surface area contributed by atoms with Crippen LogP contribution in [-0.4, -0.2) is 25.0 Å². The van der Waals surface area contributed by atoms with Crippen LogP contribution in [0, 0.1) is 5.92 Å². The second-order valence-electron chi connectivity index (χ2n) is 7.57. The Kier molecular flexibility index (Phi) is 55.7. The van der Waals surface area contributed by atoms with E-state index in [1.54, 1.807) is 6.20 Å². The van der Waals surface area contributed by atoms with Crippen molar-refractivity contribution in [1.82, 2.24) is 5.32 Å². The van der Waals surface area contributed by atoms with Crippen LogP contribution >= 0.6 is 0 Å². The summed E-state index contributed by atoms with van der Waals surface area (Å²) < 4.78 is 0. The van der Waals surface area contributed by atoms with Crippen molar-refractivity contribution in [2.24, 2.45) is 5.92 Å². The summed E-state index contributed by atoms with van der Waals surface area (Å²) in [5.41, 5.74) is 0.777. The third-order valence-electron chi connectivity index (χ3n) is 4.09. The summed E-state index contributed by atoms with van der Waals surface area (Å²) in [6.07, 6.45) is 20.3. The summed E-state index contributed by atoms with van der Waals surface area (Å²) in [6.45, 7) is 20.9. The van der Waals surface area contributed by atoms with Crippen LogP contribution in [0.25, 0.3) is 0 Å². The third-order valence-corrected chi connectivity index (χ3v) is 4.09. The fourth-order valence-electron chi connectivity index (χ4n) is 2.06. The molecule has 0 atom stereocenters. The Labute approximate surface area is 203 Å². The van der Waals surface area contributed by atoms with Crippen LogP contribution in [0.15, 0.2) is 36.6 Å². The van der Waals surface area contributed by atoms with Crippen molar-refractivity contribution < 1.29 is 9.90 Å². The highest BCUT2D eigenvalue weighted by molar-refractivity contribution is 5.97. The van der Waals surface area contributed by atoms with Gasteiger partial charge in [0.1, 0.15) is 0 Å². The Morgan fingerprint density at radius 2 is 1.44 bits per heavy atom. The van der Waals surface area contributed by atoms with Gasteiger partial charge >= 0.3 is 0 Å². The molecule has 0 rings (SSSR count). The van der Waals surface area contributed by atoms with E-state index < -0.39 is 0 Å². The number of allylic oxidation sites excluding steroid dienone is 4. The summed E-state index contributed by atoms with van der Waals surface area (Å²) in [5, 5.41) is 9.93. The van der Waals surface area contributed by atoms with E-state index >= 15 is 0 Å². The molecule has 0 unspecified atom stereocenters. The molecule has 194 valence electrons. The lowest BCUT2D eigenvalue weighted by atomic mass is 10.1. The van der Waals surface area contributed by atoms with Crippen LogP contribution in [0.2, 0.25) is 0 Å². The van der Waals surface area contributed by atoms with Crippen LogP contribution in [0.1, 0.15) is 126 Å². The Balaban J connectivity index is -0.000000133. The molecule has 0 aliphatic heterocycles. The largest absolute Gasteiger partial charge is 0.400 e. The van der Waals surface area contributed by atoms with Crippen molar-refractivity contribution in [3.63, 3.8) is 0 Å². The first-order valence-corrected chi connectivity index (χ1v) is 13.1. The van der Waals surface area contributed by atoms with E-state index in [1.165, 1.54) is 32.1 Å². The number of unbranched alkanes of at least 4 members (excludes halogenated alkanes) is 5. The molecule has 0 saturated heterocycles. The third kappa shape index (κ3) is 46.7. The quantitative estimate of drug-likeness (QED) is 0.119. The zero-order chi connectivity index (χ0) is 26.0. The minimum Gasteiger partial charge on any atom is -0.400 e. The molecule has 0 aromatic carbocycles. The predicted octanol–water partition coefficient (Wildman–Crippen LogP) is 9.04. The maximum absolute atomic E-state index is 11.8. The van der Waals surface area contributed by atoms with Gasteiger partial charge in [0.25, 0.3) is 0 Å². The molecule has 0 aromatic rings. The van der Waals surface area contributed by atoms with Crippen LogP contribution in [-0.2, 0) is 4.79 Å². The van der Waals surface area contributed by atoms with Crippen molar-refractivity contribution in [2.75, 3.05) is 14.2 Å². The number of carbonyl (C=O) groups is 1. The molecule has 0 aromatic heterocycles. The molecule has 0 heterocycles. The number of hydrogen-bond donors (Lipinski definition) is 2. The molecule has 32 heavy (non-hydrogen) atoms. The SMILES string of the molecule is C=CCCC/C=C/C(=C\NC)C(=O)CCCC.CC.CCCC.CCCCC(C)C.CO. The molecule has 0 radical (unpaired) electrons. The fraction of sp³-hybridized carbons (Fsp3) is 0.759. The van der Waals surface area contributed by atoms with E-state index in [4.69, 9.17) is 5.11 Å². The van der Waals surface area contributed by atoms with Crippen LogP contribution in [0.3, 0.4) is 0 Å². The highest BCUT2D eigenvalue weighted by Gasteiger charge is 2.04. The number of Topliss-reactive ketones (excluding diaryl/α,β-unsaturated/α-hetero) is 1.